The number of nitrogens with one attached hydrogen (secondary N) is 2. The molecule has 3 rings (SSSR count). The molecule has 2 aromatic rings. The summed E-state index contributed by atoms with van der Waals surface area (Å²) >= 11 is 1.74. The zero-order valence-electron chi connectivity index (χ0n) is 12.7. The number of hydrogen-bond donors (Lipinski definition) is 2. The Morgan fingerprint density at radius 2 is 2.23 bits per heavy atom. The van der Waals surface area contributed by atoms with Gasteiger partial charge in [0.2, 0.25) is 5.95 Å². The van der Waals surface area contributed by atoms with Crippen molar-refractivity contribution >= 4 is 29.2 Å². The first-order valence-electron chi connectivity index (χ1n) is 7.48. The molecule has 1 atom stereocenters. The number of benzene rings is 1. The summed E-state index contributed by atoms with van der Waals surface area (Å²) in [4.78, 5) is 10.3. The van der Waals surface area contributed by atoms with Gasteiger partial charge in [0.1, 0.15) is 11.6 Å². The molecule has 2 heterocycles. The van der Waals surface area contributed by atoms with E-state index in [1.807, 2.05) is 6.07 Å². The number of anilines is 3. The molecule has 0 spiro atoms. The van der Waals surface area contributed by atoms with Crippen LogP contribution in [0.25, 0.3) is 0 Å². The van der Waals surface area contributed by atoms with Crippen LogP contribution in [-0.2, 0) is 6.42 Å². The average Bonchev–Trinajstić information content (AvgIpc) is 2.96. The fourth-order valence-electron chi connectivity index (χ4n) is 2.24. The number of thioether (sulfide) groups is 1. The lowest BCUT2D eigenvalue weighted by molar-refractivity contribution is 0.628. The van der Waals surface area contributed by atoms with Crippen molar-refractivity contribution in [2.24, 2.45) is 0 Å². The summed E-state index contributed by atoms with van der Waals surface area (Å²) in [5, 5.41) is 6.54. The van der Waals surface area contributed by atoms with E-state index in [9.17, 15) is 4.39 Å². The molecule has 2 N–H and O–H groups in total. The minimum absolute atomic E-state index is 0.263. The molecule has 0 radical (unpaired) electrons. The fourth-order valence-corrected chi connectivity index (χ4v) is 3.29. The Morgan fingerprint density at radius 1 is 1.36 bits per heavy atom. The Hall–Kier alpha value is -1.82. The smallest absolute Gasteiger partial charge is 0.225 e. The van der Waals surface area contributed by atoms with Gasteiger partial charge in [-0.15, -0.1) is 11.8 Å². The van der Waals surface area contributed by atoms with Crippen LogP contribution in [0.1, 0.15) is 26.0 Å². The maximum atomic E-state index is 13.4. The predicted molar refractivity (Wildman–Crippen MR) is 89.5 cm³/mol. The molecular weight excluding hydrogens is 299 g/mol. The van der Waals surface area contributed by atoms with Crippen LogP contribution in [0.2, 0.25) is 0 Å². The third-order valence-electron chi connectivity index (χ3n) is 3.60. The molecule has 0 saturated heterocycles. The van der Waals surface area contributed by atoms with Crippen LogP contribution >= 0.6 is 11.8 Å². The van der Waals surface area contributed by atoms with Gasteiger partial charge in [-0.3, -0.25) is 0 Å². The maximum absolute atomic E-state index is 13.4. The Balaban J connectivity index is 1.92. The monoisotopic (exact) mass is 318 g/mol. The molecule has 0 unspecified atom stereocenters. The van der Waals surface area contributed by atoms with Gasteiger partial charge in [-0.1, -0.05) is 13.0 Å². The maximum Gasteiger partial charge on any atom is 0.225 e. The Bertz CT molecular complexity index is 677. The minimum atomic E-state index is -0.263. The van der Waals surface area contributed by atoms with E-state index in [1.54, 1.807) is 17.8 Å². The van der Waals surface area contributed by atoms with Crippen molar-refractivity contribution < 1.29 is 4.39 Å². The van der Waals surface area contributed by atoms with Gasteiger partial charge in [0.15, 0.2) is 0 Å². The Labute approximate surface area is 133 Å². The highest BCUT2D eigenvalue weighted by atomic mass is 32.2. The van der Waals surface area contributed by atoms with Crippen LogP contribution in [0.5, 0.6) is 0 Å². The van der Waals surface area contributed by atoms with Gasteiger partial charge < -0.3 is 10.6 Å². The molecule has 1 aromatic heterocycles. The lowest BCUT2D eigenvalue weighted by Gasteiger charge is -2.15. The highest BCUT2D eigenvalue weighted by Crippen LogP contribution is 2.37. The standard InChI is InChI=1S/C16H19FN4S/c1-3-10(2)18-16-20-13-7-8-22-14(13)15(21-16)19-12-6-4-5-11(17)9-12/h4-6,9-10H,3,7-8H2,1-2H3,(H2,18,19,20,21)/t10-/m0/s1. The first kappa shape index (κ1) is 15.1. The molecule has 1 aliphatic heterocycles. The van der Waals surface area contributed by atoms with Crippen LogP contribution in [0.3, 0.4) is 0 Å². The number of aryl methyl sites for hydroxylation is 1. The van der Waals surface area contributed by atoms with Crippen molar-refractivity contribution in [3.8, 4) is 0 Å². The van der Waals surface area contributed by atoms with Gasteiger partial charge in [0.05, 0.1) is 10.6 Å². The third-order valence-corrected chi connectivity index (χ3v) is 4.72. The highest BCUT2D eigenvalue weighted by Gasteiger charge is 2.20. The van der Waals surface area contributed by atoms with E-state index in [1.165, 1.54) is 12.1 Å². The topological polar surface area (TPSA) is 49.8 Å². The second-order valence-electron chi connectivity index (χ2n) is 5.36. The van der Waals surface area contributed by atoms with E-state index in [-0.39, 0.29) is 5.82 Å². The Morgan fingerprint density at radius 3 is 3.00 bits per heavy atom. The SMILES string of the molecule is CC[C@H](C)Nc1nc2c(c(Nc3cccc(F)c3)n1)SCC2. The van der Waals surface area contributed by atoms with Crippen molar-refractivity contribution in [3.05, 3.63) is 35.8 Å². The zero-order valence-corrected chi connectivity index (χ0v) is 13.5. The number of nitrogens with zero attached hydrogens (tertiary/aromatic N) is 2. The fraction of sp³-hybridized carbons (Fsp3) is 0.375. The molecule has 0 amide bonds. The summed E-state index contributed by atoms with van der Waals surface area (Å²) < 4.78 is 13.4. The molecule has 6 heteroatoms. The molecular formula is C16H19FN4S. The van der Waals surface area contributed by atoms with E-state index in [0.717, 1.165) is 35.0 Å². The summed E-state index contributed by atoms with van der Waals surface area (Å²) in [7, 11) is 0. The van der Waals surface area contributed by atoms with Gasteiger partial charge in [0, 0.05) is 23.9 Å². The third kappa shape index (κ3) is 3.32. The molecule has 0 aliphatic carbocycles. The summed E-state index contributed by atoms with van der Waals surface area (Å²) in [6.07, 6.45) is 1.94. The van der Waals surface area contributed by atoms with Crippen molar-refractivity contribution in [2.45, 2.75) is 37.6 Å². The number of halogens is 1. The molecule has 0 saturated carbocycles. The van der Waals surface area contributed by atoms with Crippen LogP contribution in [0.15, 0.2) is 29.2 Å². The molecule has 4 nitrogen and oxygen atoms in total. The summed E-state index contributed by atoms with van der Waals surface area (Å²) in [5.41, 5.74) is 1.76. The normalized spacial score (nSPS) is 14.5. The summed E-state index contributed by atoms with van der Waals surface area (Å²) in [5.74, 6) is 2.13. The van der Waals surface area contributed by atoms with E-state index >= 15 is 0 Å². The quantitative estimate of drug-likeness (QED) is 0.864. The molecule has 1 aliphatic rings. The molecule has 0 bridgehead atoms. The number of fused-ring (bicyclic) bond motifs is 1. The van der Waals surface area contributed by atoms with E-state index in [2.05, 4.69) is 34.4 Å². The van der Waals surface area contributed by atoms with Crippen LogP contribution < -0.4 is 10.6 Å². The molecule has 116 valence electrons. The molecule has 0 fully saturated rings. The zero-order chi connectivity index (χ0) is 15.5. The first-order chi connectivity index (χ1) is 10.7. The first-order valence-corrected chi connectivity index (χ1v) is 8.47. The van der Waals surface area contributed by atoms with Crippen LogP contribution in [0.4, 0.5) is 21.8 Å². The lowest BCUT2D eigenvalue weighted by atomic mass is 10.2. The van der Waals surface area contributed by atoms with Gasteiger partial charge in [0.25, 0.3) is 0 Å². The number of aromatic nitrogens is 2. The summed E-state index contributed by atoms with van der Waals surface area (Å²) in [6.45, 7) is 4.22. The van der Waals surface area contributed by atoms with E-state index < -0.39 is 0 Å². The van der Waals surface area contributed by atoms with Crippen LogP contribution in [0, 0.1) is 5.82 Å². The average molecular weight is 318 g/mol. The van der Waals surface area contributed by atoms with Gasteiger partial charge in [-0.25, -0.2) is 9.37 Å². The van der Waals surface area contributed by atoms with Crippen molar-refractivity contribution in [2.75, 3.05) is 16.4 Å². The van der Waals surface area contributed by atoms with Gasteiger partial charge >= 0.3 is 0 Å². The second-order valence-corrected chi connectivity index (χ2v) is 6.46. The van der Waals surface area contributed by atoms with Gasteiger partial charge in [-0.05, 0) is 31.5 Å². The van der Waals surface area contributed by atoms with Crippen molar-refractivity contribution in [3.63, 3.8) is 0 Å². The molecule has 1 aromatic carbocycles. The highest BCUT2D eigenvalue weighted by molar-refractivity contribution is 7.99. The van der Waals surface area contributed by atoms with Crippen molar-refractivity contribution in [1.29, 1.82) is 0 Å². The van der Waals surface area contributed by atoms with Crippen LogP contribution in [-0.4, -0.2) is 21.8 Å². The number of hydrogen-bond acceptors (Lipinski definition) is 5. The minimum Gasteiger partial charge on any atom is -0.352 e. The lowest BCUT2D eigenvalue weighted by Crippen LogP contribution is -2.17. The van der Waals surface area contributed by atoms with E-state index in [0.29, 0.717) is 17.7 Å². The molecule has 22 heavy (non-hydrogen) atoms. The second kappa shape index (κ2) is 6.52. The largest absolute Gasteiger partial charge is 0.352 e. The Kier molecular flexibility index (Phi) is 4.47. The van der Waals surface area contributed by atoms with E-state index in [4.69, 9.17) is 0 Å². The summed E-state index contributed by atoms with van der Waals surface area (Å²) in [6, 6.07) is 6.73. The predicted octanol–water partition coefficient (Wildman–Crippen LogP) is 4.22. The van der Waals surface area contributed by atoms with Crippen molar-refractivity contribution in [1.82, 2.24) is 9.97 Å². The van der Waals surface area contributed by atoms with Gasteiger partial charge in [-0.2, -0.15) is 4.98 Å². The number of rotatable bonds is 5.